The molecule has 3 aromatic carbocycles. The fourth-order valence-electron chi connectivity index (χ4n) is 9.06. The minimum absolute atomic E-state index is 0.0255. The molecule has 22 heteroatoms. The number of rotatable bonds is 5. The number of sulfonamides is 2. The van der Waals surface area contributed by atoms with Gasteiger partial charge in [-0.3, -0.25) is 15.0 Å². The van der Waals surface area contributed by atoms with Gasteiger partial charge < -0.3 is 15.0 Å². The van der Waals surface area contributed by atoms with Crippen molar-refractivity contribution in [2.75, 3.05) is 39.3 Å². The van der Waals surface area contributed by atoms with Gasteiger partial charge in [-0.05, 0) is 70.2 Å². The van der Waals surface area contributed by atoms with Crippen LogP contribution < -0.4 is 5.32 Å². The van der Waals surface area contributed by atoms with Crippen molar-refractivity contribution in [3.63, 3.8) is 0 Å². The molecule has 4 saturated heterocycles. The van der Waals surface area contributed by atoms with Gasteiger partial charge in [-0.15, -0.1) is 0 Å². The van der Waals surface area contributed by atoms with Gasteiger partial charge in [0.1, 0.15) is 5.60 Å². The summed E-state index contributed by atoms with van der Waals surface area (Å²) in [5.74, 6) is -1.58. The number of aromatic nitrogens is 3. The monoisotopic (exact) mass is 987 g/mol. The Morgan fingerprint density at radius 1 is 0.652 bits per heavy atom. The summed E-state index contributed by atoms with van der Waals surface area (Å²) in [5.41, 5.74) is -0.617. The van der Waals surface area contributed by atoms with E-state index >= 15 is 0 Å². The van der Waals surface area contributed by atoms with Gasteiger partial charge in [0.05, 0.1) is 39.3 Å². The van der Waals surface area contributed by atoms with Crippen LogP contribution in [0.2, 0.25) is 0 Å². The summed E-state index contributed by atoms with van der Waals surface area (Å²) in [6.45, 7) is 8.32. The number of nitrogens with one attached hydrogen (secondary N) is 1. The Labute approximate surface area is 384 Å². The molecule has 10 rings (SSSR count). The van der Waals surface area contributed by atoms with Crippen LogP contribution in [0.3, 0.4) is 0 Å². The summed E-state index contributed by atoms with van der Waals surface area (Å²) in [6.07, 6.45) is 8.61. The second-order valence-electron chi connectivity index (χ2n) is 17.4. The van der Waals surface area contributed by atoms with Crippen molar-refractivity contribution in [2.45, 2.75) is 66.0 Å². The standard InChI is InChI=1S/C20H24FN3O4S.C15H16FN3O2S.C9H5ClFNO2S/c1-20(2,3)28-19(25)24-8-7-14-11-23(12-16(14)24)29(26,27)17-6-4-5-13-9-22-10-15(21)18(13)17;16-12-7-17-6-10-2-1-3-14(15(10)12)22(20,21)19-8-11-4-5-18-13(11)9-19;10-15(13,14)8-3-1-2-6-4-12-5-7(11)9(6)8/h4-6,9-10,14,16H,7-8,11-12H2,1-3H3;1-3,6-7,11,13,18H,4-5,8-9H2;1-5H/t14-,16+;11-,13+;/m00./s1. The zero-order valence-electron chi connectivity index (χ0n) is 35.8. The van der Waals surface area contributed by atoms with E-state index in [4.69, 9.17) is 15.4 Å². The van der Waals surface area contributed by atoms with Crippen molar-refractivity contribution < 1.29 is 48.0 Å². The number of fused-ring (bicyclic) bond motifs is 5. The van der Waals surface area contributed by atoms with E-state index in [1.54, 1.807) is 56.0 Å². The maximum atomic E-state index is 14.4. The number of pyridine rings is 3. The number of hydrogen-bond acceptors (Lipinski definition) is 12. The number of nitrogens with zero attached hydrogens (tertiary/aromatic N) is 6. The molecule has 4 aliphatic rings. The lowest BCUT2D eigenvalue weighted by atomic mass is 10.1. The van der Waals surface area contributed by atoms with E-state index in [0.717, 1.165) is 31.6 Å². The van der Waals surface area contributed by atoms with Gasteiger partial charge in [-0.2, -0.15) is 8.61 Å². The summed E-state index contributed by atoms with van der Waals surface area (Å²) < 4.78 is 125. The third-order valence-corrected chi connectivity index (χ3v) is 17.2. The molecule has 0 bridgehead atoms. The Hall–Kier alpha value is -5.03. The van der Waals surface area contributed by atoms with E-state index in [9.17, 15) is 43.2 Å². The first-order chi connectivity index (χ1) is 31.1. The quantitative estimate of drug-likeness (QED) is 0.181. The SMILES string of the molecule is CC(C)(C)OC(=O)N1CC[C@H]2CN(S(=O)(=O)c3cccc4cncc(F)c34)C[C@H]21.O=S(=O)(Cl)c1cccc2cncc(F)c12.O=S(=O)(c1cccc2cncc(F)c12)N1C[C@@H]2CCN[C@@H]2C1. The topological polar surface area (TPSA) is 189 Å². The van der Waals surface area contributed by atoms with Crippen LogP contribution in [-0.4, -0.2) is 117 Å². The third-order valence-electron chi connectivity index (χ3n) is 12.1. The van der Waals surface area contributed by atoms with Gasteiger partial charge >= 0.3 is 6.09 Å². The average Bonchev–Trinajstić information content (AvgIpc) is 4.06. The molecule has 6 aromatic rings. The molecular weight excluding hydrogens is 943 g/mol. The summed E-state index contributed by atoms with van der Waals surface area (Å²) in [6, 6.07) is 13.7. The summed E-state index contributed by atoms with van der Waals surface area (Å²) in [7, 11) is -6.38. The van der Waals surface area contributed by atoms with Crippen LogP contribution in [0.4, 0.5) is 18.0 Å². The first-order valence-electron chi connectivity index (χ1n) is 20.9. The van der Waals surface area contributed by atoms with Crippen LogP contribution in [0.15, 0.2) is 106 Å². The molecule has 0 aliphatic carbocycles. The summed E-state index contributed by atoms with van der Waals surface area (Å²) >= 11 is 0. The maximum absolute atomic E-state index is 14.4. The predicted octanol–water partition coefficient (Wildman–Crippen LogP) is 6.66. The molecule has 0 radical (unpaired) electrons. The first kappa shape index (κ1) is 47.5. The lowest BCUT2D eigenvalue weighted by molar-refractivity contribution is 0.0223. The number of ether oxygens (including phenoxy) is 1. The molecular formula is C44H45ClF3N7O8S3. The average molecular weight is 989 g/mol. The Kier molecular flexibility index (Phi) is 13.1. The Morgan fingerprint density at radius 3 is 1.58 bits per heavy atom. The second-order valence-corrected chi connectivity index (χ2v) is 23.8. The first-order valence-corrected chi connectivity index (χ1v) is 26.1. The van der Waals surface area contributed by atoms with Crippen molar-refractivity contribution in [2.24, 2.45) is 11.8 Å². The number of hydrogen-bond donors (Lipinski definition) is 1. The lowest BCUT2D eigenvalue weighted by Gasteiger charge is -2.28. The van der Waals surface area contributed by atoms with Gasteiger partial charge in [0.15, 0.2) is 17.5 Å². The molecule has 1 amide bonds. The van der Waals surface area contributed by atoms with Crippen LogP contribution >= 0.6 is 10.7 Å². The van der Waals surface area contributed by atoms with Crippen molar-refractivity contribution in [3.05, 3.63) is 109 Å². The van der Waals surface area contributed by atoms with E-state index < -0.39 is 58.2 Å². The van der Waals surface area contributed by atoms with Crippen LogP contribution in [0.25, 0.3) is 32.3 Å². The van der Waals surface area contributed by atoms with Crippen LogP contribution in [0, 0.1) is 29.3 Å². The minimum Gasteiger partial charge on any atom is -0.444 e. The predicted molar refractivity (Wildman–Crippen MR) is 240 cm³/mol. The summed E-state index contributed by atoms with van der Waals surface area (Å²) in [5, 5.41) is 4.81. The molecule has 0 spiro atoms. The Morgan fingerprint density at radius 2 is 1.11 bits per heavy atom. The van der Waals surface area contributed by atoms with Crippen molar-refractivity contribution in [1.82, 2.24) is 33.8 Å². The molecule has 0 saturated carbocycles. The number of amides is 1. The zero-order valence-corrected chi connectivity index (χ0v) is 39.0. The molecule has 4 atom stereocenters. The minimum atomic E-state index is -3.95. The number of halogens is 4. The Bertz CT molecular complexity index is 3180. The molecule has 7 heterocycles. The van der Waals surface area contributed by atoms with Gasteiger partial charge in [-0.1, -0.05) is 36.4 Å². The van der Waals surface area contributed by atoms with Gasteiger partial charge in [-0.25, -0.2) is 43.2 Å². The molecule has 3 aromatic heterocycles. The van der Waals surface area contributed by atoms with E-state index in [1.807, 2.05) is 0 Å². The fourth-order valence-corrected chi connectivity index (χ4v) is 13.6. The second kappa shape index (κ2) is 18.2. The number of benzene rings is 3. The fraction of sp³-hybridized carbons (Fsp3) is 0.364. The maximum Gasteiger partial charge on any atom is 0.410 e. The van der Waals surface area contributed by atoms with Crippen LogP contribution in [0.1, 0.15) is 33.6 Å². The van der Waals surface area contributed by atoms with Crippen LogP contribution in [0.5, 0.6) is 0 Å². The number of carbonyl (C=O) groups is 1. The van der Waals surface area contributed by atoms with E-state index in [1.165, 1.54) is 51.5 Å². The molecule has 15 nitrogen and oxygen atoms in total. The normalized spacial score (nSPS) is 21.3. The highest BCUT2D eigenvalue weighted by Crippen LogP contribution is 2.38. The Balaban J connectivity index is 0.000000142. The molecule has 66 heavy (non-hydrogen) atoms. The smallest absolute Gasteiger partial charge is 0.410 e. The van der Waals surface area contributed by atoms with Gasteiger partial charge in [0.2, 0.25) is 20.0 Å². The van der Waals surface area contributed by atoms with E-state index in [-0.39, 0.29) is 55.4 Å². The highest BCUT2D eigenvalue weighted by atomic mass is 35.7. The number of likely N-dealkylation sites (tertiary alicyclic amines) is 1. The van der Waals surface area contributed by atoms with Crippen molar-refractivity contribution in [3.8, 4) is 0 Å². The van der Waals surface area contributed by atoms with Crippen LogP contribution in [-0.2, 0) is 33.8 Å². The van der Waals surface area contributed by atoms with E-state index in [0.29, 0.717) is 54.7 Å². The van der Waals surface area contributed by atoms with Gasteiger partial charge in [0, 0.05) is 100 Å². The molecule has 4 fully saturated rings. The molecule has 350 valence electrons. The molecule has 1 N–H and O–H groups in total. The largest absolute Gasteiger partial charge is 0.444 e. The lowest BCUT2D eigenvalue weighted by Crippen LogP contribution is -2.43. The summed E-state index contributed by atoms with van der Waals surface area (Å²) in [4.78, 5) is 25.1. The zero-order chi connectivity index (χ0) is 47.3. The van der Waals surface area contributed by atoms with E-state index in [2.05, 4.69) is 20.3 Å². The number of carbonyl (C=O) groups excluding carboxylic acids is 1. The highest BCUT2D eigenvalue weighted by Gasteiger charge is 2.48. The molecule has 0 unspecified atom stereocenters. The molecule has 4 aliphatic heterocycles. The van der Waals surface area contributed by atoms with Crippen molar-refractivity contribution in [1.29, 1.82) is 0 Å². The highest BCUT2D eigenvalue weighted by molar-refractivity contribution is 8.14. The van der Waals surface area contributed by atoms with Crippen molar-refractivity contribution >= 4 is 78.2 Å². The third kappa shape index (κ3) is 9.43. The van der Waals surface area contributed by atoms with Gasteiger partial charge in [0.25, 0.3) is 9.05 Å².